The van der Waals surface area contributed by atoms with E-state index in [0.717, 1.165) is 16.8 Å². The molecule has 0 radical (unpaired) electrons. The minimum absolute atomic E-state index is 0.271. The Kier molecular flexibility index (Phi) is 4.59. The molecule has 112 valence electrons. The first kappa shape index (κ1) is 15.9. The molecule has 0 saturated heterocycles. The molecular weight excluding hydrogens is 306 g/mol. The van der Waals surface area contributed by atoms with Gasteiger partial charge in [0.1, 0.15) is 0 Å². The zero-order valence-electron chi connectivity index (χ0n) is 12.3. The number of hydrogen-bond acceptors (Lipinski definition) is 3. The van der Waals surface area contributed by atoms with Crippen LogP contribution in [0.25, 0.3) is 0 Å². The van der Waals surface area contributed by atoms with E-state index in [-0.39, 0.29) is 4.90 Å². The number of halogens is 1. The van der Waals surface area contributed by atoms with Crippen molar-refractivity contribution < 1.29 is 8.42 Å². The van der Waals surface area contributed by atoms with Crippen molar-refractivity contribution in [3.63, 3.8) is 0 Å². The van der Waals surface area contributed by atoms with E-state index in [0.29, 0.717) is 17.1 Å². The molecule has 0 aliphatic heterocycles. The lowest BCUT2D eigenvalue weighted by Crippen LogP contribution is -2.08. The third kappa shape index (κ3) is 3.77. The van der Waals surface area contributed by atoms with Gasteiger partial charge >= 0.3 is 0 Å². The van der Waals surface area contributed by atoms with Crippen molar-refractivity contribution in [2.75, 3.05) is 11.6 Å². The van der Waals surface area contributed by atoms with E-state index in [4.69, 9.17) is 11.6 Å². The van der Waals surface area contributed by atoms with E-state index in [2.05, 4.69) is 5.32 Å². The molecule has 0 amide bonds. The van der Waals surface area contributed by atoms with Crippen LogP contribution in [0.5, 0.6) is 0 Å². The van der Waals surface area contributed by atoms with Crippen LogP contribution in [0, 0.1) is 13.8 Å². The molecule has 0 aliphatic carbocycles. The van der Waals surface area contributed by atoms with Crippen molar-refractivity contribution in [2.24, 2.45) is 0 Å². The Hall–Kier alpha value is -1.52. The van der Waals surface area contributed by atoms with Crippen LogP contribution in [0.3, 0.4) is 0 Å². The molecule has 0 fully saturated rings. The number of nitrogens with one attached hydrogen (secondary N) is 1. The molecule has 0 heterocycles. The Labute approximate surface area is 130 Å². The third-order valence-electron chi connectivity index (χ3n) is 3.32. The second kappa shape index (κ2) is 6.08. The first-order valence-electron chi connectivity index (χ1n) is 6.57. The van der Waals surface area contributed by atoms with Gasteiger partial charge in [-0.2, -0.15) is 0 Å². The summed E-state index contributed by atoms with van der Waals surface area (Å²) in [7, 11) is -3.30. The molecule has 0 spiro atoms. The lowest BCUT2D eigenvalue weighted by molar-refractivity contribution is 0.601. The minimum Gasteiger partial charge on any atom is -0.381 e. The summed E-state index contributed by atoms with van der Waals surface area (Å²) < 4.78 is 23.7. The van der Waals surface area contributed by atoms with Gasteiger partial charge < -0.3 is 5.32 Å². The molecule has 0 aromatic heterocycles. The van der Waals surface area contributed by atoms with Crippen molar-refractivity contribution in [3.05, 3.63) is 58.1 Å². The van der Waals surface area contributed by atoms with Gasteiger partial charge in [0.05, 0.1) is 4.90 Å². The largest absolute Gasteiger partial charge is 0.381 e. The second-order valence-electron chi connectivity index (χ2n) is 5.16. The lowest BCUT2D eigenvalue weighted by atomic mass is 10.1. The van der Waals surface area contributed by atoms with Crippen LogP contribution >= 0.6 is 11.6 Å². The van der Waals surface area contributed by atoms with Crippen LogP contribution in [0.4, 0.5) is 5.69 Å². The van der Waals surface area contributed by atoms with Crippen molar-refractivity contribution in [1.82, 2.24) is 0 Å². The van der Waals surface area contributed by atoms with Gasteiger partial charge in [0.2, 0.25) is 0 Å². The summed E-state index contributed by atoms with van der Waals surface area (Å²) in [6, 6.07) is 11.0. The predicted molar refractivity (Wildman–Crippen MR) is 87.8 cm³/mol. The van der Waals surface area contributed by atoms with E-state index >= 15 is 0 Å². The highest BCUT2D eigenvalue weighted by Gasteiger charge is 2.15. The zero-order chi connectivity index (χ0) is 15.6. The summed E-state index contributed by atoms with van der Waals surface area (Å²) in [5, 5.41) is 3.73. The topological polar surface area (TPSA) is 46.2 Å². The highest BCUT2D eigenvalue weighted by Crippen LogP contribution is 2.26. The average Bonchev–Trinajstić information content (AvgIpc) is 2.39. The molecule has 0 atom stereocenters. The molecule has 2 aromatic rings. The summed E-state index contributed by atoms with van der Waals surface area (Å²) in [5.74, 6) is 0. The molecule has 21 heavy (non-hydrogen) atoms. The average molecular weight is 324 g/mol. The molecule has 0 bridgehead atoms. The molecule has 2 aromatic carbocycles. The quantitative estimate of drug-likeness (QED) is 0.926. The summed E-state index contributed by atoms with van der Waals surface area (Å²) in [5.41, 5.74) is 3.83. The van der Waals surface area contributed by atoms with Gasteiger partial charge in [-0.15, -0.1) is 0 Å². The van der Waals surface area contributed by atoms with Crippen LogP contribution < -0.4 is 5.32 Å². The fourth-order valence-corrected chi connectivity index (χ4v) is 3.42. The molecule has 1 N–H and O–H groups in total. The molecule has 0 aliphatic rings. The van der Waals surface area contributed by atoms with E-state index in [9.17, 15) is 8.42 Å². The summed E-state index contributed by atoms with van der Waals surface area (Å²) >= 11 is 6.17. The first-order valence-corrected chi connectivity index (χ1v) is 8.84. The van der Waals surface area contributed by atoms with Gasteiger partial charge in [0.15, 0.2) is 9.84 Å². The van der Waals surface area contributed by atoms with Gasteiger partial charge in [-0.25, -0.2) is 8.42 Å². The lowest BCUT2D eigenvalue weighted by Gasteiger charge is -2.14. The Balaban J connectivity index is 2.34. The van der Waals surface area contributed by atoms with Crippen LogP contribution in [0.2, 0.25) is 5.02 Å². The third-order valence-corrected chi connectivity index (χ3v) is 4.86. The van der Waals surface area contributed by atoms with Crippen molar-refractivity contribution in [2.45, 2.75) is 25.3 Å². The number of anilines is 1. The van der Waals surface area contributed by atoms with Crippen molar-refractivity contribution in [1.29, 1.82) is 0 Å². The maximum Gasteiger partial charge on any atom is 0.175 e. The van der Waals surface area contributed by atoms with E-state index in [1.807, 2.05) is 32.0 Å². The van der Waals surface area contributed by atoms with Crippen LogP contribution in [-0.4, -0.2) is 14.7 Å². The minimum atomic E-state index is -3.30. The fourth-order valence-electron chi connectivity index (χ4n) is 2.17. The van der Waals surface area contributed by atoms with E-state index in [1.165, 1.54) is 6.26 Å². The monoisotopic (exact) mass is 323 g/mol. The van der Waals surface area contributed by atoms with Gasteiger partial charge in [-0.3, -0.25) is 0 Å². The molecule has 3 nitrogen and oxygen atoms in total. The Morgan fingerprint density at radius 2 is 1.86 bits per heavy atom. The first-order chi connectivity index (χ1) is 9.79. The summed E-state index contributed by atoms with van der Waals surface area (Å²) in [4.78, 5) is 0.271. The molecule has 2 rings (SSSR count). The number of sulfone groups is 1. The van der Waals surface area contributed by atoms with Crippen LogP contribution in [0.15, 0.2) is 41.3 Å². The van der Waals surface area contributed by atoms with Gasteiger partial charge in [0.25, 0.3) is 0 Å². The molecule has 0 saturated carbocycles. The van der Waals surface area contributed by atoms with Crippen molar-refractivity contribution >= 4 is 27.1 Å². The highest BCUT2D eigenvalue weighted by molar-refractivity contribution is 7.90. The Morgan fingerprint density at radius 3 is 2.52 bits per heavy atom. The summed E-state index contributed by atoms with van der Waals surface area (Å²) in [6.07, 6.45) is 1.19. The smallest absolute Gasteiger partial charge is 0.175 e. The van der Waals surface area contributed by atoms with Crippen molar-refractivity contribution in [3.8, 4) is 0 Å². The SMILES string of the molecule is Cc1ccc(C)c(NCc2c(Cl)cccc2S(C)(=O)=O)c1. The Morgan fingerprint density at radius 1 is 1.14 bits per heavy atom. The fraction of sp³-hybridized carbons (Fsp3) is 0.250. The Bertz CT molecular complexity index is 770. The van der Waals surface area contributed by atoms with Gasteiger partial charge in [-0.1, -0.05) is 29.8 Å². The van der Waals surface area contributed by atoms with Crippen LogP contribution in [0.1, 0.15) is 16.7 Å². The number of rotatable bonds is 4. The number of aryl methyl sites for hydroxylation is 2. The number of benzene rings is 2. The maximum absolute atomic E-state index is 11.9. The highest BCUT2D eigenvalue weighted by atomic mass is 35.5. The van der Waals surface area contributed by atoms with Gasteiger partial charge in [0, 0.05) is 29.1 Å². The molecular formula is C16H18ClNO2S. The van der Waals surface area contributed by atoms with Crippen LogP contribution in [-0.2, 0) is 16.4 Å². The zero-order valence-corrected chi connectivity index (χ0v) is 13.8. The molecule has 5 heteroatoms. The molecule has 0 unspecified atom stereocenters. The maximum atomic E-state index is 11.9. The predicted octanol–water partition coefficient (Wildman–Crippen LogP) is 3.97. The second-order valence-corrected chi connectivity index (χ2v) is 7.55. The summed E-state index contributed by atoms with van der Waals surface area (Å²) in [6.45, 7) is 4.39. The standard InChI is InChI=1S/C16H18ClNO2S/c1-11-7-8-12(2)15(9-11)18-10-13-14(17)5-4-6-16(13)21(3,19)20/h4-9,18H,10H2,1-3H3. The van der Waals surface area contributed by atoms with Gasteiger partial charge in [-0.05, 0) is 43.2 Å². The van der Waals surface area contributed by atoms with E-state index in [1.54, 1.807) is 18.2 Å². The normalized spacial score (nSPS) is 11.4. The number of hydrogen-bond donors (Lipinski definition) is 1. The van der Waals surface area contributed by atoms with E-state index < -0.39 is 9.84 Å².